The van der Waals surface area contributed by atoms with Crippen molar-refractivity contribution in [2.45, 2.75) is 0 Å². The first kappa shape index (κ1) is 11.8. The zero-order chi connectivity index (χ0) is 11.6. The van der Waals surface area contributed by atoms with E-state index in [-0.39, 0.29) is 5.11 Å². The highest BCUT2D eigenvalue weighted by Gasteiger charge is 2.13. The van der Waals surface area contributed by atoms with Gasteiger partial charge in [0, 0.05) is 26.2 Å². The number of halogens is 3. The molecule has 0 aliphatic carbocycles. The quantitative estimate of drug-likeness (QED) is 0.751. The normalized spacial score (nSPS) is 9.93. The molecule has 0 aliphatic heterocycles. The minimum Gasteiger partial charge on any atom is -0.355 e. The monoisotopic (exact) mass is 234 g/mol. The first-order valence-electron chi connectivity index (χ1n) is 4.04. The number of rotatable bonds is 1. The van der Waals surface area contributed by atoms with Crippen LogP contribution in [-0.2, 0) is 0 Å². The molecule has 1 aromatic rings. The van der Waals surface area contributed by atoms with Gasteiger partial charge in [-0.05, 0) is 12.2 Å². The van der Waals surface area contributed by atoms with Crippen molar-refractivity contribution in [1.82, 2.24) is 4.90 Å². The Hall–Kier alpha value is -1.30. The summed E-state index contributed by atoms with van der Waals surface area (Å²) in [5.41, 5.74) is -0.449. The van der Waals surface area contributed by atoms with E-state index in [0.29, 0.717) is 12.1 Å². The molecular formula is C9H9F3N2S. The largest absolute Gasteiger partial charge is 0.355 e. The predicted octanol–water partition coefficient (Wildman–Crippen LogP) is 2.36. The van der Waals surface area contributed by atoms with Crippen LogP contribution in [0.1, 0.15) is 0 Å². The van der Waals surface area contributed by atoms with Gasteiger partial charge in [-0.25, -0.2) is 13.2 Å². The lowest BCUT2D eigenvalue weighted by atomic mass is 10.3. The number of thiocarbonyl (C=S) groups is 1. The summed E-state index contributed by atoms with van der Waals surface area (Å²) in [4.78, 5) is 1.47. The molecule has 2 nitrogen and oxygen atoms in total. The van der Waals surface area contributed by atoms with Gasteiger partial charge in [-0.1, -0.05) is 0 Å². The van der Waals surface area contributed by atoms with Crippen LogP contribution in [0.4, 0.5) is 18.9 Å². The van der Waals surface area contributed by atoms with Gasteiger partial charge in [0.1, 0.15) is 11.5 Å². The van der Waals surface area contributed by atoms with Gasteiger partial charge in [-0.3, -0.25) is 0 Å². The minimum absolute atomic E-state index is 0.138. The van der Waals surface area contributed by atoms with E-state index in [4.69, 9.17) is 12.2 Å². The van der Waals surface area contributed by atoms with Gasteiger partial charge in [-0.2, -0.15) is 0 Å². The summed E-state index contributed by atoms with van der Waals surface area (Å²) in [6, 6.07) is 1.17. The van der Waals surface area contributed by atoms with E-state index in [0.717, 1.165) is 0 Å². The van der Waals surface area contributed by atoms with Crippen molar-refractivity contribution in [3.05, 3.63) is 29.6 Å². The van der Waals surface area contributed by atoms with Crippen LogP contribution in [0.15, 0.2) is 12.1 Å². The van der Waals surface area contributed by atoms with E-state index >= 15 is 0 Å². The summed E-state index contributed by atoms with van der Waals surface area (Å²) >= 11 is 4.80. The lowest BCUT2D eigenvalue weighted by Gasteiger charge is -2.16. The van der Waals surface area contributed by atoms with E-state index in [9.17, 15) is 13.2 Å². The molecule has 1 aromatic carbocycles. The molecule has 0 aliphatic rings. The molecule has 0 saturated heterocycles. The summed E-state index contributed by atoms with van der Waals surface area (Å²) in [6.07, 6.45) is 0. The van der Waals surface area contributed by atoms with Crippen molar-refractivity contribution in [3.8, 4) is 0 Å². The van der Waals surface area contributed by atoms with Crippen LogP contribution >= 0.6 is 12.2 Å². The Morgan fingerprint density at radius 2 is 1.67 bits per heavy atom. The van der Waals surface area contributed by atoms with E-state index in [1.165, 1.54) is 4.90 Å². The highest BCUT2D eigenvalue weighted by Crippen LogP contribution is 2.20. The summed E-state index contributed by atoms with van der Waals surface area (Å²) in [7, 11) is 3.24. The van der Waals surface area contributed by atoms with Crippen molar-refractivity contribution in [2.24, 2.45) is 0 Å². The minimum atomic E-state index is -1.02. The maximum absolute atomic E-state index is 13.1. The fourth-order valence-corrected chi connectivity index (χ4v) is 0.982. The number of hydrogen-bond acceptors (Lipinski definition) is 1. The Kier molecular flexibility index (Phi) is 3.52. The van der Waals surface area contributed by atoms with Crippen molar-refractivity contribution in [3.63, 3.8) is 0 Å². The lowest BCUT2D eigenvalue weighted by Crippen LogP contribution is -2.28. The lowest BCUT2D eigenvalue weighted by molar-refractivity contribution is 0.548. The molecule has 0 amide bonds. The molecule has 0 radical (unpaired) electrons. The second kappa shape index (κ2) is 4.48. The van der Waals surface area contributed by atoms with Crippen LogP contribution in [0.5, 0.6) is 0 Å². The Morgan fingerprint density at radius 1 is 1.20 bits per heavy atom. The van der Waals surface area contributed by atoms with Gasteiger partial charge in [0.15, 0.2) is 16.7 Å². The van der Waals surface area contributed by atoms with Crippen molar-refractivity contribution in [1.29, 1.82) is 0 Å². The summed E-state index contributed by atoms with van der Waals surface area (Å²) in [5, 5.41) is 2.48. The third-order valence-corrected chi connectivity index (χ3v) is 2.11. The number of nitrogens with one attached hydrogen (secondary N) is 1. The van der Waals surface area contributed by atoms with Gasteiger partial charge >= 0.3 is 0 Å². The molecule has 1 N–H and O–H groups in total. The molecule has 0 bridgehead atoms. The van der Waals surface area contributed by atoms with Crippen molar-refractivity contribution in [2.75, 3.05) is 19.4 Å². The van der Waals surface area contributed by atoms with Crippen LogP contribution < -0.4 is 5.32 Å². The molecule has 0 fully saturated rings. The van der Waals surface area contributed by atoms with Gasteiger partial charge in [0.2, 0.25) is 0 Å². The first-order chi connectivity index (χ1) is 6.91. The van der Waals surface area contributed by atoms with E-state index < -0.39 is 23.1 Å². The number of anilines is 1. The average molecular weight is 234 g/mol. The molecule has 0 saturated carbocycles. The van der Waals surface area contributed by atoms with Crippen LogP contribution in [0.25, 0.3) is 0 Å². The van der Waals surface area contributed by atoms with E-state index in [2.05, 4.69) is 5.32 Å². The van der Waals surface area contributed by atoms with Gasteiger partial charge in [0.05, 0.1) is 0 Å². The highest BCUT2D eigenvalue weighted by atomic mass is 32.1. The second-order valence-corrected chi connectivity index (χ2v) is 3.46. The fraction of sp³-hybridized carbons (Fsp3) is 0.222. The molecule has 0 spiro atoms. The Morgan fingerprint density at radius 3 is 2.07 bits per heavy atom. The van der Waals surface area contributed by atoms with Crippen LogP contribution in [0.2, 0.25) is 0 Å². The second-order valence-electron chi connectivity index (χ2n) is 3.07. The predicted molar refractivity (Wildman–Crippen MR) is 56.2 cm³/mol. The van der Waals surface area contributed by atoms with Crippen LogP contribution in [0.3, 0.4) is 0 Å². The molecule has 0 aromatic heterocycles. The molecule has 0 unspecified atom stereocenters. The smallest absolute Gasteiger partial charge is 0.173 e. The van der Waals surface area contributed by atoms with Crippen molar-refractivity contribution < 1.29 is 13.2 Å². The molecule has 15 heavy (non-hydrogen) atoms. The third kappa shape index (κ3) is 2.82. The van der Waals surface area contributed by atoms with Crippen molar-refractivity contribution >= 4 is 23.0 Å². The zero-order valence-corrected chi connectivity index (χ0v) is 8.96. The third-order valence-electron chi connectivity index (χ3n) is 1.64. The van der Waals surface area contributed by atoms with Gasteiger partial charge < -0.3 is 10.2 Å². The number of hydrogen-bond donors (Lipinski definition) is 1. The summed E-state index contributed by atoms with van der Waals surface area (Å²) in [6.45, 7) is 0. The molecule has 6 heteroatoms. The Bertz CT molecular complexity index is 370. The summed E-state index contributed by atoms with van der Waals surface area (Å²) in [5.74, 6) is -3.00. The standard InChI is InChI=1S/C9H9F3N2S/c1-14(2)9(15)13-8-6(11)3-5(10)4-7(8)12/h3-4H,1-2H3,(H,13,15). The molecular weight excluding hydrogens is 225 g/mol. The number of nitrogens with zero attached hydrogens (tertiary/aromatic N) is 1. The van der Waals surface area contributed by atoms with E-state index in [1.54, 1.807) is 14.1 Å². The molecule has 0 heterocycles. The molecule has 82 valence electrons. The highest BCUT2D eigenvalue weighted by molar-refractivity contribution is 7.80. The maximum atomic E-state index is 13.1. The van der Waals surface area contributed by atoms with Crippen LogP contribution in [0, 0.1) is 17.5 Å². The fourth-order valence-electron chi connectivity index (χ4n) is 0.880. The topological polar surface area (TPSA) is 15.3 Å². The van der Waals surface area contributed by atoms with Gasteiger partial charge in [0.25, 0.3) is 0 Å². The SMILES string of the molecule is CN(C)C(=S)Nc1c(F)cc(F)cc1F. The zero-order valence-electron chi connectivity index (χ0n) is 8.14. The van der Waals surface area contributed by atoms with E-state index in [1.807, 2.05) is 0 Å². The Labute approximate surface area is 90.7 Å². The summed E-state index contributed by atoms with van der Waals surface area (Å²) < 4.78 is 38.8. The maximum Gasteiger partial charge on any atom is 0.173 e. The average Bonchev–Trinajstić information content (AvgIpc) is 2.10. The first-order valence-corrected chi connectivity index (χ1v) is 4.45. The number of benzene rings is 1. The molecule has 0 atom stereocenters. The Balaban J connectivity index is 3.00. The van der Waals surface area contributed by atoms with Gasteiger partial charge in [-0.15, -0.1) is 0 Å². The molecule has 1 rings (SSSR count). The van der Waals surface area contributed by atoms with Crippen LogP contribution in [-0.4, -0.2) is 24.1 Å².